The Hall–Kier alpha value is -3.69. The topological polar surface area (TPSA) is 117 Å². The van der Waals surface area contributed by atoms with Crippen LogP contribution in [0.2, 0.25) is 0 Å². The predicted octanol–water partition coefficient (Wildman–Crippen LogP) is 3.05. The van der Waals surface area contributed by atoms with Crippen LogP contribution in [0.1, 0.15) is 16.1 Å². The Kier molecular flexibility index (Phi) is 6.38. The first-order valence-electron chi connectivity index (χ1n) is 9.12. The van der Waals surface area contributed by atoms with Crippen molar-refractivity contribution in [1.82, 2.24) is 9.62 Å². The van der Waals surface area contributed by atoms with Gasteiger partial charge < -0.3 is 14.8 Å². The van der Waals surface area contributed by atoms with Crippen molar-refractivity contribution in [3.8, 4) is 11.3 Å². The fourth-order valence-electron chi connectivity index (χ4n) is 2.67. The first kappa shape index (κ1) is 22.0. The number of furan rings is 1. The minimum Gasteiger partial charge on any atom is -0.477 e. The average Bonchev–Trinajstić information content (AvgIpc) is 3.22. The number of carbonyl (C=O) groups excluding carboxylic acids is 1. The van der Waals surface area contributed by atoms with E-state index in [-0.39, 0.29) is 16.4 Å². The van der Waals surface area contributed by atoms with Crippen LogP contribution in [0.15, 0.2) is 81.7 Å². The van der Waals surface area contributed by atoms with Gasteiger partial charge >= 0.3 is 5.97 Å². The number of amides is 1. The second-order valence-corrected chi connectivity index (χ2v) is 8.85. The average molecular weight is 440 g/mol. The van der Waals surface area contributed by atoms with Crippen LogP contribution >= 0.6 is 0 Å². The third-order valence-corrected chi connectivity index (χ3v) is 6.17. The van der Waals surface area contributed by atoms with Gasteiger partial charge in [-0.3, -0.25) is 4.79 Å². The van der Waals surface area contributed by atoms with Crippen LogP contribution in [0, 0.1) is 0 Å². The third-order valence-electron chi connectivity index (χ3n) is 4.35. The van der Waals surface area contributed by atoms with Gasteiger partial charge in [-0.15, -0.1) is 0 Å². The number of carboxylic acids is 1. The number of carbonyl (C=O) groups is 2. The molecule has 1 amide bonds. The lowest BCUT2D eigenvalue weighted by atomic mass is 10.2. The van der Waals surface area contributed by atoms with Gasteiger partial charge in [-0.25, -0.2) is 17.5 Å². The van der Waals surface area contributed by atoms with E-state index in [2.05, 4.69) is 5.32 Å². The molecule has 0 radical (unpaired) electrons. The molecule has 3 rings (SSSR count). The maximum atomic E-state index is 12.2. The van der Waals surface area contributed by atoms with E-state index in [1.54, 1.807) is 54.6 Å². The number of benzene rings is 2. The van der Waals surface area contributed by atoms with Gasteiger partial charge in [-0.1, -0.05) is 18.2 Å². The molecule has 0 atom stereocenters. The Morgan fingerprint density at radius 1 is 0.968 bits per heavy atom. The lowest BCUT2D eigenvalue weighted by molar-refractivity contribution is -0.132. The van der Waals surface area contributed by atoms with Crippen molar-refractivity contribution < 1.29 is 27.5 Å². The molecule has 0 unspecified atom stereocenters. The third kappa shape index (κ3) is 5.08. The number of rotatable bonds is 7. The van der Waals surface area contributed by atoms with Gasteiger partial charge in [-0.05, 0) is 48.5 Å². The van der Waals surface area contributed by atoms with Crippen molar-refractivity contribution in [2.24, 2.45) is 0 Å². The zero-order valence-electron chi connectivity index (χ0n) is 16.8. The van der Waals surface area contributed by atoms with Crippen LogP contribution in [0.5, 0.6) is 0 Å². The molecule has 9 heteroatoms. The second-order valence-electron chi connectivity index (χ2n) is 6.70. The number of hydrogen-bond donors (Lipinski definition) is 2. The first-order chi connectivity index (χ1) is 14.7. The molecule has 0 saturated carbocycles. The molecule has 0 aliphatic carbocycles. The van der Waals surface area contributed by atoms with Gasteiger partial charge in [0.05, 0.1) is 4.90 Å². The molecule has 8 nitrogen and oxygen atoms in total. The number of nitrogens with one attached hydrogen (secondary N) is 1. The van der Waals surface area contributed by atoms with Crippen molar-refractivity contribution >= 4 is 28.0 Å². The van der Waals surface area contributed by atoms with E-state index < -0.39 is 21.9 Å². The highest BCUT2D eigenvalue weighted by molar-refractivity contribution is 7.89. The highest BCUT2D eigenvalue weighted by Crippen LogP contribution is 2.25. The molecule has 0 aliphatic heterocycles. The lowest BCUT2D eigenvalue weighted by Gasteiger charge is -2.11. The smallest absolute Gasteiger partial charge is 0.352 e. The van der Waals surface area contributed by atoms with E-state index in [0.717, 1.165) is 4.31 Å². The molecule has 0 bridgehead atoms. The molecular formula is C22H20N2O6S. The van der Waals surface area contributed by atoms with Crippen molar-refractivity contribution in [2.75, 3.05) is 14.1 Å². The largest absolute Gasteiger partial charge is 0.477 e. The zero-order chi connectivity index (χ0) is 22.6. The number of aliphatic carboxylic acids is 1. The van der Waals surface area contributed by atoms with E-state index in [1.165, 1.54) is 32.3 Å². The van der Waals surface area contributed by atoms with E-state index in [9.17, 15) is 23.1 Å². The van der Waals surface area contributed by atoms with Gasteiger partial charge in [0.25, 0.3) is 5.91 Å². The zero-order valence-corrected chi connectivity index (χ0v) is 17.6. The maximum Gasteiger partial charge on any atom is 0.352 e. The molecule has 1 aromatic heterocycles. The van der Waals surface area contributed by atoms with Crippen LogP contribution in [0.4, 0.5) is 0 Å². The van der Waals surface area contributed by atoms with Crippen molar-refractivity contribution in [3.05, 3.63) is 83.8 Å². The number of sulfonamides is 1. The van der Waals surface area contributed by atoms with Crippen LogP contribution in [0.25, 0.3) is 17.4 Å². The Morgan fingerprint density at radius 2 is 1.61 bits per heavy atom. The summed E-state index contributed by atoms with van der Waals surface area (Å²) in [6.45, 7) is 0. The molecule has 2 aromatic carbocycles. The van der Waals surface area contributed by atoms with Crippen LogP contribution in [-0.4, -0.2) is 43.8 Å². The molecule has 1 heterocycles. The van der Waals surface area contributed by atoms with Crippen LogP contribution < -0.4 is 5.32 Å². The number of nitrogens with zero attached hydrogens (tertiary/aromatic N) is 1. The molecule has 2 N–H and O–H groups in total. The van der Waals surface area contributed by atoms with Crippen molar-refractivity contribution in [2.45, 2.75) is 4.90 Å². The summed E-state index contributed by atoms with van der Waals surface area (Å²) >= 11 is 0. The maximum absolute atomic E-state index is 12.2. The molecule has 0 saturated heterocycles. The Morgan fingerprint density at radius 3 is 2.19 bits per heavy atom. The summed E-state index contributed by atoms with van der Waals surface area (Å²) in [7, 11) is -0.644. The number of carboxylic acid groups (broad SMARTS) is 1. The quantitative estimate of drug-likeness (QED) is 0.546. The van der Waals surface area contributed by atoms with Crippen molar-refractivity contribution in [3.63, 3.8) is 0 Å². The summed E-state index contributed by atoms with van der Waals surface area (Å²) in [4.78, 5) is 23.9. The summed E-state index contributed by atoms with van der Waals surface area (Å²) in [5.74, 6) is -1.25. The van der Waals surface area contributed by atoms with E-state index >= 15 is 0 Å². The SMILES string of the molecule is CN(C)S(=O)(=O)c1ccc(-c2ccc(/C=C(\NC(=O)c3ccccc3)C(=O)O)o2)cc1. The highest BCUT2D eigenvalue weighted by Gasteiger charge is 2.18. The number of hydrogen-bond acceptors (Lipinski definition) is 5. The molecule has 0 fully saturated rings. The summed E-state index contributed by atoms with van der Waals surface area (Å²) in [6.07, 6.45) is 1.21. The van der Waals surface area contributed by atoms with Gasteiger partial charge in [0.15, 0.2) is 0 Å². The predicted molar refractivity (Wildman–Crippen MR) is 115 cm³/mol. The summed E-state index contributed by atoms with van der Waals surface area (Å²) in [5, 5.41) is 11.8. The van der Waals surface area contributed by atoms with E-state index in [0.29, 0.717) is 16.9 Å². The summed E-state index contributed by atoms with van der Waals surface area (Å²) < 4.78 is 31.1. The van der Waals surface area contributed by atoms with Gasteiger partial charge in [0.1, 0.15) is 17.2 Å². The van der Waals surface area contributed by atoms with Gasteiger partial charge in [0.2, 0.25) is 10.0 Å². The van der Waals surface area contributed by atoms with Crippen molar-refractivity contribution in [1.29, 1.82) is 0 Å². The minimum atomic E-state index is -3.54. The van der Waals surface area contributed by atoms with Gasteiger partial charge in [0, 0.05) is 31.3 Å². The highest BCUT2D eigenvalue weighted by atomic mass is 32.2. The summed E-state index contributed by atoms with van der Waals surface area (Å²) in [6, 6.07) is 17.5. The van der Waals surface area contributed by atoms with Crippen LogP contribution in [0.3, 0.4) is 0 Å². The first-order valence-corrected chi connectivity index (χ1v) is 10.6. The molecular weight excluding hydrogens is 420 g/mol. The van der Waals surface area contributed by atoms with E-state index in [4.69, 9.17) is 4.42 Å². The minimum absolute atomic E-state index is 0.143. The fraction of sp³-hybridized carbons (Fsp3) is 0.0909. The summed E-state index contributed by atoms with van der Waals surface area (Å²) in [5.41, 5.74) is 0.590. The molecule has 0 spiro atoms. The molecule has 31 heavy (non-hydrogen) atoms. The van der Waals surface area contributed by atoms with Gasteiger partial charge in [-0.2, -0.15) is 0 Å². The van der Waals surface area contributed by atoms with Crippen LogP contribution in [-0.2, 0) is 14.8 Å². The Balaban J connectivity index is 1.82. The standard InChI is InChI=1S/C22H20N2O6S/c1-24(2)31(28,29)18-11-8-15(9-12-18)20-13-10-17(30-20)14-19(22(26)27)23-21(25)16-6-4-3-5-7-16/h3-14H,1-2H3,(H,23,25)(H,26,27)/b19-14-. The van der Waals surface area contributed by atoms with E-state index in [1.807, 2.05) is 0 Å². The molecule has 0 aliphatic rings. The Labute approximate surface area is 179 Å². The molecule has 3 aromatic rings. The monoisotopic (exact) mass is 440 g/mol. The second kappa shape index (κ2) is 8.99. The Bertz CT molecular complexity index is 1230. The normalized spacial score (nSPS) is 12.0. The molecule has 160 valence electrons. The lowest BCUT2D eigenvalue weighted by Crippen LogP contribution is -2.27. The fourth-order valence-corrected chi connectivity index (χ4v) is 3.57.